The first-order chi connectivity index (χ1) is 11.1. The summed E-state index contributed by atoms with van der Waals surface area (Å²) in [6, 6.07) is 16.4. The average Bonchev–Trinajstić information content (AvgIpc) is 2.94. The zero-order chi connectivity index (χ0) is 16.0. The standard InChI is InChI=1S/C17H16N4OS/c1-11(22)21-17(10-16(18)19-21)20-12-6-2-4-8-14(12)23-15-9-5-3-7-13(15)20/h2-9,17H,10H2,1H3,(H2,18,19). The maximum Gasteiger partial charge on any atom is 0.241 e. The lowest BCUT2D eigenvalue weighted by Crippen LogP contribution is -2.44. The summed E-state index contributed by atoms with van der Waals surface area (Å²) in [6.45, 7) is 1.52. The molecule has 0 saturated heterocycles. The van der Waals surface area contributed by atoms with E-state index in [1.807, 2.05) is 24.3 Å². The molecule has 116 valence electrons. The Morgan fingerprint density at radius 3 is 2.26 bits per heavy atom. The van der Waals surface area contributed by atoms with Crippen molar-refractivity contribution in [3.8, 4) is 0 Å². The van der Waals surface area contributed by atoms with Crippen molar-refractivity contribution < 1.29 is 4.79 Å². The van der Waals surface area contributed by atoms with Crippen LogP contribution in [-0.4, -0.2) is 22.9 Å². The second-order valence-electron chi connectivity index (χ2n) is 5.55. The fraction of sp³-hybridized carbons (Fsp3) is 0.176. The molecule has 2 aromatic rings. The molecular weight excluding hydrogens is 308 g/mol. The largest absolute Gasteiger partial charge is 0.386 e. The highest BCUT2D eigenvalue weighted by Crippen LogP contribution is 2.49. The topological polar surface area (TPSA) is 61.9 Å². The van der Waals surface area contributed by atoms with Gasteiger partial charge in [0.25, 0.3) is 0 Å². The number of amides is 1. The number of para-hydroxylation sites is 2. The van der Waals surface area contributed by atoms with Crippen LogP contribution >= 0.6 is 11.8 Å². The Balaban J connectivity index is 1.87. The third kappa shape index (κ3) is 2.26. The van der Waals surface area contributed by atoms with Crippen LogP contribution in [0.2, 0.25) is 0 Å². The van der Waals surface area contributed by atoms with Crippen molar-refractivity contribution >= 4 is 34.9 Å². The van der Waals surface area contributed by atoms with E-state index in [1.165, 1.54) is 21.7 Å². The van der Waals surface area contributed by atoms with Crippen LogP contribution < -0.4 is 10.6 Å². The number of nitrogens with two attached hydrogens (primary N) is 1. The molecule has 1 unspecified atom stereocenters. The van der Waals surface area contributed by atoms with Crippen LogP contribution in [0.5, 0.6) is 0 Å². The van der Waals surface area contributed by atoms with Gasteiger partial charge in [-0.25, -0.2) is 5.01 Å². The normalized spacial score (nSPS) is 19.2. The van der Waals surface area contributed by atoms with Gasteiger partial charge in [0.1, 0.15) is 12.0 Å². The third-order valence-corrected chi connectivity index (χ3v) is 5.13. The highest BCUT2D eigenvalue weighted by molar-refractivity contribution is 7.99. The van der Waals surface area contributed by atoms with Gasteiger partial charge >= 0.3 is 0 Å². The highest BCUT2D eigenvalue weighted by atomic mass is 32.2. The van der Waals surface area contributed by atoms with E-state index in [9.17, 15) is 4.79 Å². The number of benzene rings is 2. The predicted octanol–water partition coefficient (Wildman–Crippen LogP) is 3.14. The number of anilines is 2. The molecule has 2 aliphatic heterocycles. The smallest absolute Gasteiger partial charge is 0.241 e. The first-order valence-electron chi connectivity index (χ1n) is 7.43. The molecule has 2 N–H and O–H groups in total. The molecule has 0 aliphatic carbocycles. The van der Waals surface area contributed by atoms with Gasteiger partial charge in [-0.3, -0.25) is 4.79 Å². The van der Waals surface area contributed by atoms with Gasteiger partial charge < -0.3 is 10.6 Å². The van der Waals surface area contributed by atoms with E-state index < -0.39 is 0 Å². The van der Waals surface area contributed by atoms with Crippen LogP contribution in [0.1, 0.15) is 13.3 Å². The van der Waals surface area contributed by atoms with Gasteiger partial charge in [0.15, 0.2) is 0 Å². The van der Waals surface area contributed by atoms with Gasteiger partial charge in [0.05, 0.1) is 11.4 Å². The van der Waals surface area contributed by atoms with Crippen molar-refractivity contribution in [1.82, 2.24) is 5.01 Å². The lowest BCUT2D eigenvalue weighted by atomic mass is 10.1. The van der Waals surface area contributed by atoms with E-state index in [1.54, 1.807) is 11.8 Å². The molecule has 23 heavy (non-hydrogen) atoms. The molecule has 1 amide bonds. The van der Waals surface area contributed by atoms with Crippen molar-refractivity contribution in [3.05, 3.63) is 48.5 Å². The van der Waals surface area contributed by atoms with Crippen molar-refractivity contribution in [2.75, 3.05) is 4.90 Å². The lowest BCUT2D eigenvalue weighted by molar-refractivity contribution is -0.130. The van der Waals surface area contributed by atoms with Gasteiger partial charge in [-0.1, -0.05) is 36.0 Å². The van der Waals surface area contributed by atoms with E-state index >= 15 is 0 Å². The Hall–Kier alpha value is -2.47. The number of amidine groups is 1. The molecule has 0 spiro atoms. The Morgan fingerprint density at radius 2 is 1.70 bits per heavy atom. The van der Waals surface area contributed by atoms with Gasteiger partial charge in [-0.15, -0.1) is 0 Å². The van der Waals surface area contributed by atoms with Crippen LogP contribution in [0.3, 0.4) is 0 Å². The average molecular weight is 324 g/mol. The number of hydrogen-bond acceptors (Lipinski definition) is 5. The summed E-state index contributed by atoms with van der Waals surface area (Å²) in [7, 11) is 0. The Morgan fingerprint density at radius 1 is 1.13 bits per heavy atom. The molecule has 1 atom stereocenters. The zero-order valence-corrected chi connectivity index (χ0v) is 13.5. The maximum atomic E-state index is 12.0. The summed E-state index contributed by atoms with van der Waals surface area (Å²) >= 11 is 1.74. The molecule has 0 bridgehead atoms. The molecule has 0 fully saturated rings. The number of carbonyl (C=O) groups excluding carboxylic acids is 1. The molecule has 0 saturated carbocycles. The number of hydrazone groups is 1. The molecule has 2 aromatic carbocycles. The molecule has 6 heteroatoms. The highest BCUT2D eigenvalue weighted by Gasteiger charge is 2.37. The second-order valence-corrected chi connectivity index (χ2v) is 6.63. The maximum absolute atomic E-state index is 12.0. The summed E-state index contributed by atoms with van der Waals surface area (Å²) in [4.78, 5) is 16.5. The number of rotatable bonds is 1. The van der Waals surface area contributed by atoms with Crippen LogP contribution in [0.15, 0.2) is 63.4 Å². The van der Waals surface area contributed by atoms with E-state index in [0.29, 0.717) is 12.3 Å². The molecule has 0 radical (unpaired) electrons. The van der Waals surface area contributed by atoms with Crippen LogP contribution in [-0.2, 0) is 4.79 Å². The molecular formula is C17H16N4OS. The summed E-state index contributed by atoms with van der Waals surface area (Å²) in [6.07, 6.45) is 0.308. The predicted molar refractivity (Wildman–Crippen MR) is 91.7 cm³/mol. The van der Waals surface area contributed by atoms with Crippen molar-refractivity contribution in [1.29, 1.82) is 0 Å². The zero-order valence-electron chi connectivity index (χ0n) is 12.6. The van der Waals surface area contributed by atoms with Gasteiger partial charge in [-0.2, -0.15) is 5.10 Å². The van der Waals surface area contributed by atoms with E-state index in [4.69, 9.17) is 5.73 Å². The molecule has 2 aliphatic rings. The van der Waals surface area contributed by atoms with E-state index in [-0.39, 0.29) is 12.1 Å². The SMILES string of the molecule is CC(=O)N1N=C(N)CC1N1c2ccccc2Sc2ccccc21. The molecule has 2 heterocycles. The quantitative estimate of drug-likeness (QED) is 0.875. The number of nitrogens with zero attached hydrogens (tertiary/aromatic N) is 3. The van der Waals surface area contributed by atoms with Gasteiger partial charge in [0.2, 0.25) is 5.91 Å². The van der Waals surface area contributed by atoms with Crippen molar-refractivity contribution in [2.24, 2.45) is 10.8 Å². The van der Waals surface area contributed by atoms with Crippen LogP contribution in [0, 0.1) is 0 Å². The van der Waals surface area contributed by atoms with Crippen LogP contribution in [0.4, 0.5) is 11.4 Å². The minimum absolute atomic E-state index is 0.108. The molecule has 5 nitrogen and oxygen atoms in total. The Bertz CT molecular complexity index is 774. The third-order valence-electron chi connectivity index (χ3n) is 4.00. The van der Waals surface area contributed by atoms with E-state index in [2.05, 4.69) is 34.3 Å². The molecule has 0 aromatic heterocycles. The number of hydrogen-bond donors (Lipinski definition) is 1. The van der Waals surface area contributed by atoms with Gasteiger partial charge in [0, 0.05) is 23.1 Å². The molecule has 4 rings (SSSR count). The van der Waals surface area contributed by atoms with E-state index in [0.717, 1.165) is 11.4 Å². The number of fused-ring (bicyclic) bond motifs is 2. The summed E-state index contributed by atoms with van der Waals surface area (Å²) in [5.41, 5.74) is 8.09. The first kappa shape index (κ1) is 14.1. The minimum Gasteiger partial charge on any atom is -0.386 e. The van der Waals surface area contributed by atoms with Crippen molar-refractivity contribution in [3.63, 3.8) is 0 Å². The monoisotopic (exact) mass is 324 g/mol. The summed E-state index contributed by atoms with van der Waals surface area (Å²) in [5, 5.41) is 5.71. The fourth-order valence-corrected chi connectivity index (χ4v) is 4.13. The van der Waals surface area contributed by atoms with Crippen LogP contribution in [0.25, 0.3) is 0 Å². The first-order valence-corrected chi connectivity index (χ1v) is 8.24. The Kier molecular flexibility index (Phi) is 3.27. The summed E-state index contributed by atoms with van der Waals surface area (Å²) in [5.74, 6) is 0.377. The lowest BCUT2D eigenvalue weighted by Gasteiger charge is -2.39. The second kappa shape index (κ2) is 5.31. The number of carbonyl (C=O) groups is 1. The van der Waals surface area contributed by atoms with Gasteiger partial charge in [-0.05, 0) is 24.3 Å². The summed E-state index contributed by atoms with van der Waals surface area (Å²) < 4.78 is 0. The fourth-order valence-electron chi connectivity index (χ4n) is 3.05. The Labute approximate surface area is 138 Å². The minimum atomic E-state index is -0.226. The van der Waals surface area contributed by atoms with Crippen molar-refractivity contribution in [2.45, 2.75) is 29.3 Å².